The molecule has 86 valence electrons. The van der Waals surface area contributed by atoms with Crippen LogP contribution in [0.5, 0.6) is 0 Å². The van der Waals surface area contributed by atoms with E-state index in [1.54, 1.807) is 18.5 Å². The highest BCUT2D eigenvalue weighted by Crippen LogP contribution is 2.11. The van der Waals surface area contributed by atoms with Crippen molar-refractivity contribution < 1.29 is 4.79 Å². The van der Waals surface area contributed by atoms with E-state index in [4.69, 9.17) is 0 Å². The van der Waals surface area contributed by atoms with Crippen molar-refractivity contribution in [3.05, 3.63) is 60.2 Å². The molecular formula is C13H13N3O. The number of rotatable bonds is 3. The molecular weight excluding hydrogens is 214 g/mol. The van der Waals surface area contributed by atoms with Gasteiger partial charge in [0.25, 0.3) is 5.91 Å². The minimum Gasteiger partial charge on any atom is -0.343 e. The van der Waals surface area contributed by atoms with Crippen molar-refractivity contribution in [1.82, 2.24) is 15.3 Å². The Morgan fingerprint density at radius 2 is 1.76 bits per heavy atom. The summed E-state index contributed by atoms with van der Waals surface area (Å²) in [7, 11) is 0. The molecule has 0 saturated heterocycles. The molecule has 2 aromatic rings. The Balaban J connectivity index is 2.05. The lowest BCUT2D eigenvalue weighted by atomic mass is 10.1. The topological polar surface area (TPSA) is 54.9 Å². The van der Waals surface area contributed by atoms with Gasteiger partial charge in [-0.3, -0.25) is 4.79 Å². The summed E-state index contributed by atoms with van der Waals surface area (Å²) in [5.74, 6) is -0.0720. The lowest BCUT2D eigenvalue weighted by Crippen LogP contribution is -2.28. The van der Waals surface area contributed by atoms with Gasteiger partial charge in [0.15, 0.2) is 0 Å². The van der Waals surface area contributed by atoms with Crippen LogP contribution in [0.25, 0.3) is 0 Å². The van der Waals surface area contributed by atoms with Gasteiger partial charge in [-0.2, -0.15) is 0 Å². The number of carbonyl (C=O) groups excluding carboxylic acids is 1. The predicted molar refractivity (Wildman–Crippen MR) is 64.4 cm³/mol. The monoisotopic (exact) mass is 227 g/mol. The number of nitrogens with zero attached hydrogens (tertiary/aromatic N) is 2. The highest BCUT2D eigenvalue weighted by molar-refractivity contribution is 5.90. The van der Waals surface area contributed by atoms with Crippen LogP contribution in [-0.4, -0.2) is 15.9 Å². The summed E-state index contributed by atoms with van der Waals surface area (Å²) < 4.78 is 0. The third-order valence-corrected chi connectivity index (χ3v) is 2.42. The van der Waals surface area contributed by atoms with Crippen molar-refractivity contribution in [2.75, 3.05) is 0 Å². The molecule has 4 nitrogen and oxygen atoms in total. The van der Waals surface area contributed by atoms with Crippen LogP contribution in [0.1, 0.15) is 29.1 Å². The minimum atomic E-state index is -0.262. The van der Waals surface area contributed by atoms with Crippen molar-refractivity contribution in [3.8, 4) is 0 Å². The first kappa shape index (κ1) is 11.3. The first-order chi connectivity index (χ1) is 8.27. The number of hydrogen-bond donors (Lipinski definition) is 1. The molecule has 2 rings (SSSR count). The molecule has 0 fully saturated rings. The van der Waals surface area contributed by atoms with Gasteiger partial charge >= 0.3 is 0 Å². The summed E-state index contributed by atoms with van der Waals surface area (Å²) in [5.41, 5.74) is 1.05. The zero-order valence-electron chi connectivity index (χ0n) is 9.50. The largest absolute Gasteiger partial charge is 0.343 e. The zero-order chi connectivity index (χ0) is 12.1. The smallest absolute Gasteiger partial charge is 0.289 e. The SMILES string of the molecule is C[C@@H](NC(=O)c1ncccn1)c1ccccc1. The van der Waals surface area contributed by atoms with Crippen LogP contribution < -0.4 is 5.32 Å². The van der Waals surface area contributed by atoms with E-state index in [1.807, 2.05) is 37.3 Å². The van der Waals surface area contributed by atoms with Gasteiger partial charge in [-0.1, -0.05) is 30.3 Å². The summed E-state index contributed by atoms with van der Waals surface area (Å²) >= 11 is 0. The Morgan fingerprint density at radius 3 is 2.41 bits per heavy atom. The van der Waals surface area contributed by atoms with Crippen LogP contribution in [-0.2, 0) is 0 Å². The summed E-state index contributed by atoms with van der Waals surface area (Å²) in [6, 6.07) is 11.4. The molecule has 0 saturated carbocycles. The van der Waals surface area contributed by atoms with Crippen LogP contribution in [0.2, 0.25) is 0 Å². The second-order valence-corrected chi connectivity index (χ2v) is 3.68. The Morgan fingerprint density at radius 1 is 1.12 bits per heavy atom. The van der Waals surface area contributed by atoms with Gasteiger partial charge in [-0.05, 0) is 18.6 Å². The van der Waals surface area contributed by atoms with Gasteiger partial charge in [0.2, 0.25) is 5.82 Å². The number of benzene rings is 1. The molecule has 4 heteroatoms. The Labute approximate surface area is 99.7 Å². The van der Waals surface area contributed by atoms with E-state index >= 15 is 0 Å². The van der Waals surface area contributed by atoms with Gasteiger partial charge in [0.05, 0.1) is 6.04 Å². The first-order valence-electron chi connectivity index (χ1n) is 5.40. The highest BCUT2D eigenvalue weighted by atomic mass is 16.2. The normalized spacial score (nSPS) is 11.8. The standard InChI is InChI=1S/C13H13N3O/c1-10(11-6-3-2-4-7-11)16-13(17)12-14-8-5-9-15-12/h2-10H,1H3,(H,16,17)/t10-/m1/s1. The second kappa shape index (κ2) is 5.21. The van der Waals surface area contributed by atoms with E-state index in [-0.39, 0.29) is 17.8 Å². The van der Waals surface area contributed by atoms with Crippen molar-refractivity contribution in [1.29, 1.82) is 0 Å². The average molecular weight is 227 g/mol. The fourth-order valence-corrected chi connectivity index (χ4v) is 1.50. The fraction of sp³-hybridized carbons (Fsp3) is 0.154. The van der Waals surface area contributed by atoms with Crippen molar-refractivity contribution in [2.45, 2.75) is 13.0 Å². The molecule has 1 aromatic carbocycles. The lowest BCUT2D eigenvalue weighted by Gasteiger charge is -2.13. The molecule has 0 aliphatic heterocycles. The molecule has 1 heterocycles. The number of aromatic nitrogens is 2. The van der Waals surface area contributed by atoms with E-state index in [0.717, 1.165) is 5.56 Å². The first-order valence-corrected chi connectivity index (χ1v) is 5.40. The lowest BCUT2D eigenvalue weighted by molar-refractivity contribution is 0.0929. The van der Waals surface area contributed by atoms with E-state index in [1.165, 1.54) is 0 Å². The molecule has 17 heavy (non-hydrogen) atoms. The zero-order valence-corrected chi connectivity index (χ0v) is 9.50. The molecule has 0 radical (unpaired) electrons. The van der Waals surface area contributed by atoms with Crippen molar-refractivity contribution >= 4 is 5.91 Å². The van der Waals surface area contributed by atoms with Gasteiger partial charge in [-0.25, -0.2) is 9.97 Å². The molecule has 0 aliphatic rings. The Bertz CT molecular complexity index is 485. The van der Waals surface area contributed by atoms with Gasteiger partial charge in [0, 0.05) is 12.4 Å². The Hall–Kier alpha value is -2.23. The number of amides is 1. The maximum Gasteiger partial charge on any atom is 0.289 e. The van der Waals surface area contributed by atoms with Crippen LogP contribution in [0.15, 0.2) is 48.8 Å². The van der Waals surface area contributed by atoms with Crippen molar-refractivity contribution in [2.24, 2.45) is 0 Å². The van der Waals surface area contributed by atoms with Gasteiger partial charge in [-0.15, -0.1) is 0 Å². The Kier molecular flexibility index (Phi) is 3.45. The summed E-state index contributed by atoms with van der Waals surface area (Å²) in [4.78, 5) is 19.6. The molecule has 0 spiro atoms. The van der Waals surface area contributed by atoms with Crippen LogP contribution >= 0.6 is 0 Å². The van der Waals surface area contributed by atoms with Gasteiger partial charge < -0.3 is 5.32 Å². The van der Waals surface area contributed by atoms with E-state index in [0.29, 0.717) is 0 Å². The summed E-state index contributed by atoms with van der Waals surface area (Å²) in [5, 5.41) is 2.85. The maximum absolute atomic E-state index is 11.8. The van der Waals surface area contributed by atoms with Crippen LogP contribution in [0, 0.1) is 0 Å². The molecule has 1 N–H and O–H groups in total. The second-order valence-electron chi connectivity index (χ2n) is 3.68. The minimum absolute atomic E-state index is 0.0625. The fourth-order valence-electron chi connectivity index (χ4n) is 1.50. The molecule has 1 atom stereocenters. The predicted octanol–water partition coefficient (Wildman–Crippen LogP) is 1.97. The average Bonchev–Trinajstić information content (AvgIpc) is 2.40. The molecule has 0 unspecified atom stereocenters. The highest BCUT2D eigenvalue weighted by Gasteiger charge is 2.12. The summed E-state index contributed by atoms with van der Waals surface area (Å²) in [6.07, 6.45) is 3.10. The molecule has 1 amide bonds. The third kappa shape index (κ3) is 2.87. The third-order valence-electron chi connectivity index (χ3n) is 2.42. The van der Waals surface area contributed by atoms with E-state index in [9.17, 15) is 4.79 Å². The van der Waals surface area contributed by atoms with E-state index in [2.05, 4.69) is 15.3 Å². The molecule has 0 aliphatic carbocycles. The number of carbonyl (C=O) groups is 1. The quantitative estimate of drug-likeness (QED) is 0.872. The van der Waals surface area contributed by atoms with Crippen LogP contribution in [0.3, 0.4) is 0 Å². The van der Waals surface area contributed by atoms with Crippen molar-refractivity contribution in [3.63, 3.8) is 0 Å². The van der Waals surface area contributed by atoms with Crippen LogP contribution in [0.4, 0.5) is 0 Å². The summed E-state index contributed by atoms with van der Waals surface area (Å²) in [6.45, 7) is 1.93. The number of nitrogens with one attached hydrogen (secondary N) is 1. The van der Waals surface area contributed by atoms with Gasteiger partial charge in [0.1, 0.15) is 0 Å². The molecule has 0 bridgehead atoms. The molecule has 1 aromatic heterocycles. The number of hydrogen-bond acceptors (Lipinski definition) is 3. The van der Waals surface area contributed by atoms with E-state index < -0.39 is 0 Å². The maximum atomic E-state index is 11.8.